The Kier molecular flexibility index (Phi) is 14.6. The average Bonchev–Trinajstić information content (AvgIpc) is 3.93. The van der Waals surface area contributed by atoms with E-state index >= 15 is 0 Å². The number of ether oxygens (including phenoxy) is 1. The molecule has 0 heterocycles. The van der Waals surface area contributed by atoms with Crippen molar-refractivity contribution in [1.29, 1.82) is 0 Å². The number of hydrogen-bond acceptors (Lipinski definition) is 2. The summed E-state index contributed by atoms with van der Waals surface area (Å²) in [6.45, 7) is 8.00. The topological polar surface area (TPSA) is 29.5 Å². The number of fused-ring (bicyclic) bond motifs is 6. The van der Waals surface area contributed by atoms with Crippen molar-refractivity contribution in [1.82, 2.24) is 0 Å². The first-order valence-corrected chi connectivity index (χ1v) is 26.3. The summed E-state index contributed by atoms with van der Waals surface area (Å²) >= 11 is 13.0. The molecule has 12 rings (SSSR count). The normalized spacial score (nSPS) is 15.4. The summed E-state index contributed by atoms with van der Waals surface area (Å²) in [4.78, 5) is 0. The minimum absolute atomic E-state index is 0.280. The number of hydrogen-bond donors (Lipinski definition) is 1. The fourth-order valence-corrected chi connectivity index (χ4v) is 11.5. The summed E-state index contributed by atoms with van der Waals surface area (Å²) in [7, 11) is 0. The first-order valence-electron chi connectivity index (χ1n) is 24.2. The van der Waals surface area contributed by atoms with Crippen LogP contribution in [0.25, 0.3) is 34.4 Å². The molecule has 0 bridgehead atoms. The van der Waals surface area contributed by atoms with Gasteiger partial charge >= 0.3 is 0 Å². The van der Waals surface area contributed by atoms with Crippen LogP contribution in [-0.4, -0.2) is 5.11 Å². The Morgan fingerprint density at radius 2 is 0.795 bits per heavy atom. The van der Waals surface area contributed by atoms with Crippen molar-refractivity contribution in [3.05, 3.63) is 332 Å². The molecule has 10 aromatic carbocycles. The number of alkyl halides is 1. The van der Waals surface area contributed by atoms with Crippen LogP contribution in [0.2, 0.25) is 0 Å². The molecule has 73 heavy (non-hydrogen) atoms. The van der Waals surface area contributed by atoms with Crippen molar-refractivity contribution in [2.45, 2.75) is 23.3 Å². The Balaban J connectivity index is 0.000000145. The van der Waals surface area contributed by atoms with Crippen LogP contribution >= 0.6 is 43.5 Å². The predicted octanol–water partition coefficient (Wildman–Crippen LogP) is 18.6. The fraction of sp³-hybridized carbons (Fsp3) is 0.0588. The number of halogens is 3. The standard InChI is InChI=1S/C34H25BrO.C25H17BrO.C9H9Cl/c1-2-24-12-14-25(15-13-24)23-36-29-19-16-27(17-20-29)34(26-8-4-3-5-9-26)32-11-7-6-10-30(32)31-21-18-28(35)22-33(31)34;26-19-12-15-22-21-8-4-5-9-23(21)25(24(22)16-19,17-6-2-1-3-7-17)18-10-13-20(27)14-11-18;1-2-8-3-5-9(7-10)6-4-8/h2-22H,1,23H2;1-16,27H;2-6H,1,7H2. The maximum absolute atomic E-state index is 9.88. The van der Waals surface area contributed by atoms with Gasteiger partial charge in [0.1, 0.15) is 18.1 Å². The second-order valence-corrected chi connectivity index (χ2v) is 20.2. The molecule has 0 saturated heterocycles. The van der Waals surface area contributed by atoms with Crippen LogP contribution < -0.4 is 4.74 Å². The summed E-state index contributed by atoms with van der Waals surface area (Å²) in [5.74, 6) is 1.72. The number of aromatic hydroxyl groups is 1. The maximum atomic E-state index is 9.88. The van der Waals surface area contributed by atoms with Gasteiger partial charge in [0.15, 0.2) is 0 Å². The molecule has 2 aliphatic carbocycles. The smallest absolute Gasteiger partial charge is 0.119 e. The first-order chi connectivity index (χ1) is 35.8. The van der Waals surface area contributed by atoms with E-state index in [4.69, 9.17) is 16.3 Å². The van der Waals surface area contributed by atoms with E-state index in [0.717, 1.165) is 42.5 Å². The van der Waals surface area contributed by atoms with Crippen molar-refractivity contribution < 1.29 is 9.84 Å². The Hall–Kier alpha value is -7.47. The number of rotatable bonds is 10. The molecule has 2 unspecified atom stereocenters. The molecule has 0 fully saturated rings. The third-order valence-electron chi connectivity index (χ3n) is 14.0. The van der Waals surface area contributed by atoms with Crippen molar-refractivity contribution in [2.75, 3.05) is 0 Å². The van der Waals surface area contributed by atoms with Gasteiger partial charge < -0.3 is 9.84 Å². The fourth-order valence-electron chi connectivity index (χ4n) is 10.6. The molecule has 0 aromatic heterocycles. The minimum Gasteiger partial charge on any atom is -0.508 e. The highest BCUT2D eigenvalue weighted by molar-refractivity contribution is 9.10. The number of benzene rings is 10. The van der Waals surface area contributed by atoms with Gasteiger partial charge in [-0.1, -0.05) is 251 Å². The van der Waals surface area contributed by atoms with E-state index in [1.54, 1.807) is 12.1 Å². The molecule has 356 valence electrons. The number of phenolic OH excluding ortho intramolecular Hbond substituents is 1. The molecule has 2 atom stereocenters. The van der Waals surface area contributed by atoms with Gasteiger partial charge in [-0.05, 0) is 138 Å². The Bertz CT molecular complexity index is 3540. The van der Waals surface area contributed by atoms with Crippen LogP contribution in [0, 0.1) is 0 Å². The summed E-state index contributed by atoms with van der Waals surface area (Å²) < 4.78 is 8.29. The summed E-state index contributed by atoms with van der Waals surface area (Å²) in [6.07, 6.45) is 3.67. The molecule has 0 amide bonds. The SMILES string of the molecule is C=Cc1ccc(CCl)cc1.C=Cc1ccc(COc2ccc(C3(c4ccccc4)c4ccccc4-c4ccc(Br)cc43)cc2)cc1.Oc1ccc(C2(c3ccccc3)c3ccccc3-c3ccc(Br)cc32)cc1. The maximum Gasteiger partial charge on any atom is 0.119 e. The van der Waals surface area contributed by atoms with Crippen LogP contribution in [-0.2, 0) is 23.3 Å². The molecular weight excluding hydrogens is 1040 g/mol. The zero-order valence-electron chi connectivity index (χ0n) is 40.1. The quantitative estimate of drug-likeness (QED) is 0.138. The molecule has 10 aromatic rings. The zero-order valence-corrected chi connectivity index (χ0v) is 44.0. The average molecular weight is 1100 g/mol. The van der Waals surface area contributed by atoms with Crippen molar-refractivity contribution in [3.8, 4) is 33.8 Å². The molecule has 0 radical (unpaired) electrons. The van der Waals surface area contributed by atoms with E-state index in [0.29, 0.717) is 12.5 Å². The molecule has 1 N–H and O–H groups in total. The van der Waals surface area contributed by atoms with Gasteiger partial charge in [-0.15, -0.1) is 11.6 Å². The highest BCUT2D eigenvalue weighted by Crippen LogP contribution is 2.58. The van der Waals surface area contributed by atoms with E-state index in [1.165, 1.54) is 61.2 Å². The van der Waals surface area contributed by atoms with Gasteiger partial charge in [0.05, 0.1) is 10.8 Å². The van der Waals surface area contributed by atoms with Crippen molar-refractivity contribution in [2.24, 2.45) is 0 Å². The van der Waals surface area contributed by atoms with E-state index in [9.17, 15) is 5.11 Å². The zero-order chi connectivity index (χ0) is 50.4. The number of phenols is 1. The van der Waals surface area contributed by atoms with Crippen molar-refractivity contribution >= 4 is 55.6 Å². The van der Waals surface area contributed by atoms with Gasteiger partial charge in [0.25, 0.3) is 0 Å². The molecule has 0 aliphatic heterocycles. The summed E-state index contributed by atoms with van der Waals surface area (Å²) in [5.41, 5.74) is 18.8. The van der Waals surface area contributed by atoms with Gasteiger partial charge in [-0.25, -0.2) is 0 Å². The van der Waals surface area contributed by atoms with E-state index in [-0.39, 0.29) is 5.75 Å². The summed E-state index contributed by atoms with van der Waals surface area (Å²) in [5, 5.41) is 9.88. The monoisotopic (exact) mass is 1090 g/mol. The van der Waals surface area contributed by atoms with Crippen LogP contribution in [0.1, 0.15) is 66.8 Å². The lowest BCUT2D eigenvalue weighted by Gasteiger charge is -2.34. The van der Waals surface area contributed by atoms with E-state index in [1.807, 2.05) is 48.6 Å². The summed E-state index contributed by atoms with van der Waals surface area (Å²) in [6, 6.07) is 84.6. The molecular formula is C68H51Br2ClO2. The third-order valence-corrected chi connectivity index (χ3v) is 15.3. The Morgan fingerprint density at radius 3 is 1.23 bits per heavy atom. The highest BCUT2D eigenvalue weighted by Gasteiger charge is 2.47. The van der Waals surface area contributed by atoms with Crippen LogP contribution in [0.15, 0.2) is 265 Å². The van der Waals surface area contributed by atoms with E-state index in [2.05, 4.69) is 239 Å². The van der Waals surface area contributed by atoms with Gasteiger partial charge in [-0.3, -0.25) is 0 Å². The van der Waals surface area contributed by atoms with Gasteiger partial charge in [-0.2, -0.15) is 0 Å². The Labute approximate surface area is 450 Å². The lowest BCUT2D eigenvalue weighted by atomic mass is 9.68. The minimum atomic E-state index is -0.412. The molecule has 0 saturated carbocycles. The first kappa shape index (κ1) is 49.1. The highest BCUT2D eigenvalue weighted by atomic mass is 79.9. The van der Waals surface area contributed by atoms with Crippen molar-refractivity contribution in [3.63, 3.8) is 0 Å². The third kappa shape index (κ3) is 9.44. The van der Waals surface area contributed by atoms with Gasteiger partial charge in [0.2, 0.25) is 0 Å². The van der Waals surface area contributed by atoms with E-state index < -0.39 is 10.8 Å². The lowest BCUT2D eigenvalue weighted by molar-refractivity contribution is 0.306. The Morgan fingerprint density at radius 1 is 0.411 bits per heavy atom. The van der Waals surface area contributed by atoms with Crippen LogP contribution in [0.5, 0.6) is 11.5 Å². The van der Waals surface area contributed by atoms with Crippen LogP contribution in [0.4, 0.5) is 0 Å². The molecule has 0 spiro atoms. The second kappa shape index (κ2) is 21.7. The largest absolute Gasteiger partial charge is 0.508 e. The molecule has 2 aliphatic rings. The molecule has 5 heteroatoms. The van der Waals surface area contributed by atoms with Crippen LogP contribution in [0.3, 0.4) is 0 Å². The predicted molar refractivity (Wildman–Crippen MR) is 312 cm³/mol. The van der Waals surface area contributed by atoms with Gasteiger partial charge in [0, 0.05) is 14.8 Å². The second-order valence-electron chi connectivity index (χ2n) is 18.1. The lowest BCUT2D eigenvalue weighted by Crippen LogP contribution is -2.28. The molecule has 2 nitrogen and oxygen atoms in total.